The molecular formula is C11H6F3NO2. The van der Waals surface area contributed by atoms with Crippen molar-refractivity contribution in [3.05, 3.63) is 34.6 Å². The van der Waals surface area contributed by atoms with Gasteiger partial charge in [0.1, 0.15) is 11.4 Å². The van der Waals surface area contributed by atoms with Gasteiger partial charge >= 0.3 is 5.97 Å². The molecule has 0 aliphatic heterocycles. The Morgan fingerprint density at radius 2 is 1.94 bits per heavy atom. The second-order valence-electron chi connectivity index (χ2n) is 3.91. The fourth-order valence-corrected chi connectivity index (χ4v) is 1.73. The summed E-state index contributed by atoms with van der Waals surface area (Å²) in [7, 11) is 0. The van der Waals surface area contributed by atoms with Crippen LogP contribution in [0, 0.1) is 28.8 Å². The monoisotopic (exact) mass is 241 g/mol. The van der Waals surface area contributed by atoms with Crippen LogP contribution in [0.5, 0.6) is 0 Å². The number of carbonyl (C=O) groups is 1. The quantitative estimate of drug-likeness (QED) is 0.808. The second kappa shape index (κ2) is 3.48. The minimum Gasteiger partial charge on any atom is -0.478 e. The Balaban J connectivity index is 2.69. The van der Waals surface area contributed by atoms with Gasteiger partial charge in [-0.2, -0.15) is 5.26 Å². The Hall–Kier alpha value is -2.03. The van der Waals surface area contributed by atoms with Crippen LogP contribution in [0.25, 0.3) is 0 Å². The molecule has 0 radical (unpaired) electrons. The number of hydrogen-bond acceptors (Lipinski definition) is 2. The molecule has 0 saturated heterocycles. The number of carboxylic acids is 1. The van der Waals surface area contributed by atoms with Crippen molar-refractivity contribution in [1.29, 1.82) is 5.26 Å². The maximum absolute atomic E-state index is 13.6. The fraction of sp³-hybridized carbons (Fsp3) is 0.273. The molecule has 1 aromatic rings. The van der Waals surface area contributed by atoms with Crippen LogP contribution in [-0.2, 0) is 5.41 Å². The zero-order valence-corrected chi connectivity index (χ0v) is 8.43. The highest BCUT2D eigenvalue weighted by Gasteiger charge is 2.49. The first-order chi connectivity index (χ1) is 7.93. The number of benzene rings is 1. The lowest BCUT2D eigenvalue weighted by atomic mass is 9.94. The van der Waals surface area contributed by atoms with E-state index >= 15 is 0 Å². The molecule has 2 rings (SSSR count). The Bertz CT molecular complexity index is 559. The summed E-state index contributed by atoms with van der Waals surface area (Å²) >= 11 is 0. The molecule has 3 nitrogen and oxygen atoms in total. The van der Waals surface area contributed by atoms with E-state index in [1.165, 1.54) is 0 Å². The molecule has 0 aromatic heterocycles. The fourth-order valence-electron chi connectivity index (χ4n) is 1.73. The van der Waals surface area contributed by atoms with E-state index in [1.807, 2.05) is 0 Å². The van der Waals surface area contributed by atoms with Gasteiger partial charge in [0.2, 0.25) is 0 Å². The van der Waals surface area contributed by atoms with Crippen LogP contribution in [0.15, 0.2) is 6.07 Å². The standard InChI is InChI=1S/C11H6F3NO2/c12-6-3-5(10(16)17)8(13)9(14)7(6)11(4-15)1-2-11/h3H,1-2H2,(H,16,17). The smallest absolute Gasteiger partial charge is 0.338 e. The number of carboxylic acid groups (broad SMARTS) is 1. The van der Waals surface area contributed by atoms with Gasteiger partial charge in [-0.05, 0) is 18.9 Å². The van der Waals surface area contributed by atoms with Crippen LogP contribution in [0.1, 0.15) is 28.8 Å². The van der Waals surface area contributed by atoms with Gasteiger partial charge in [0.15, 0.2) is 11.6 Å². The van der Waals surface area contributed by atoms with E-state index in [1.54, 1.807) is 6.07 Å². The van der Waals surface area contributed by atoms with Crippen molar-refractivity contribution in [3.63, 3.8) is 0 Å². The molecule has 0 spiro atoms. The first kappa shape index (κ1) is 11.5. The summed E-state index contributed by atoms with van der Waals surface area (Å²) in [5.41, 5.74) is -3.08. The lowest BCUT2D eigenvalue weighted by molar-refractivity contribution is 0.0689. The second-order valence-corrected chi connectivity index (χ2v) is 3.91. The largest absolute Gasteiger partial charge is 0.478 e. The molecule has 0 bridgehead atoms. The van der Waals surface area contributed by atoms with Crippen LogP contribution in [-0.4, -0.2) is 11.1 Å². The zero-order valence-electron chi connectivity index (χ0n) is 8.43. The molecule has 1 fully saturated rings. The van der Waals surface area contributed by atoms with Crippen LogP contribution < -0.4 is 0 Å². The zero-order chi connectivity index (χ0) is 12.8. The molecule has 1 aliphatic carbocycles. The van der Waals surface area contributed by atoms with Crippen molar-refractivity contribution >= 4 is 5.97 Å². The summed E-state index contributed by atoms with van der Waals surface area (Å²) in [6.45, 7) is 0. The van der Waals surface area contributed by atoms with Gasteiger partial charge in [-0.3, -0.25) is 0 Å². The Kier molecular flexibility index (Phi) is 2.35. The van der Waals surface area contributed by atoms with Gasteiger partial charge in [0, 0.05) is 5.56 Å². The lowest BCUT2D eigenvalue weighted by Gasteiger charge is -2.11. The molecular weight excluding hydrogens is 235 g/mol. The Morgan fingerprint density at radius 1 is 1.35 bits per heavy atom. The minimum atomic E-state index is -1.76. The number of hydrogen-bond donors (Lipinski definition) is 1. The first-order valence-electron chi connectivity index (χ1n) is 4.75. The molecule has 1 saturated carbocycles. The maximum atomic E-state index is 13.6. The van der Waals surface area contributed by atoms with Gasteiger partial charge in [0.05, 0.1) is 11.5 Å². The maximum Gasteiger partial charge on any atom is 0.338 e. The predicted molar refractivity (Wildman–Crippen MR) is 49.8 cm³/mol. The molecule has 0 heterocycles. The molecule has 6 heteroatoms. The van der Waals surface area contributed by atoms with Crippen molar-refractivity contribution < 1.29 is 23.1 Å². The number of rotatable bonds is 2. The number of nitriles is 1. The molecule has 88 valence electrons. The summed E-state index contributed by atoms with van der Waals surface area (Å²) in [6, 6.07) is 2.14. The number of aromatic carboxylic acids is 1. The molecule has 0 amide bonds. The highest BCUT2D eigenvalue weighted by molar-refractivity contribution is 5.88. The van der Waals surface area contributed by atoms with Crippen molar-refractivity contribution in [3.8, 4) is 6.07 Å². The normalized spacial score (nSPS) is 16.4. The van der Waals surface area contributed by atoms with Crippen LogP contribution >= 0.6 is 0 Å². The van der Waals surface area contributed by atoms with E-state index in [0.29, 0.717) is 6.07 Å². The molecule has 1 aliphatic rings. The van der Waals surface area contributed by atoms with Gasteiger partial charge < -0.3 is 5.11 Å². The lowest BCUT2D eigenvalue weighted by Crippen LogP contribution is -2.14. The summed E-state index contributed by atoms with van der Waals surface area (Å²) in [6.07, 6.45) is 0.479. The van der Waals surface area contributed by atoms with E-state index in [4.69, 9.17) is 10.4 Å². The van der Waals surface area contributed by atoms with E-state index in [2.05, 4.69) is 0 Å². The van der Waals surface area contributed by atoms with E-state index < -0.39 is 40.0 Å². The first-order valence-corrected chi connectivity index (χ1v) is 4.75. The third-order valence-corrected chi connectivity index (χ3v) is 2.83. The Labute approximate surface area is 94.1 Å². The highest BCUT2D eigenvalue weighted by Crippen LogP contribution is 2.49. The van der Waals surface area contributed by atoms with Gasteiger partial charge in [0.25, 0.3) is 0 Å². The average Bonchev–Trinajstić information content (AvgIpc) is 3.04. The number of nitrogens with zero attached hydrogens (tertiary/aromatic N) is 1. The minimum absolute atomic E-state index is 0.239. The van der Waals surface area contributed by atoms with Crippen molar-refractivity contribution in [2.24, 2.45) is 0 Å². The predicted octanol–water partition coefficient (Wildman–Crippen LogP) is 2.36. The van der Waals surface area contributed by atoms with E-state index in [9.17, 15) is 18.0 Å². The molecule has 0 unspecified atom stereocenters. The van der Waals surface area contributed by atoms with E-state index in [-0.39, 0.29) is 12.8 Å². The summed E-state index contributed by atoms with van der Waals surface area (Å²) in [5.74, 6) is -6.16. The summed E-state index contributed by atoms with van der Waals surface area (Å²) in [5, 5.41) is 17.3. The van der Waals surface area contributed by atoms with Crippen LogP contribution in [0.4, 0.5) is 13.2 Å². The summed E-state index contributed by atoms with van der Waals surface area (Å²) in [4.78, 5) is 10.5. The van der Waals surface area contributed by atoms with Crippen molar-refractivity contribution in [1.82, 2.24) is 0 Å². The van der Waals surface area contributed by atoms with Crippen LogP contribution in [0.2, 0.25) is 0 Å². The third-order valence-electron chi connectivity index (χ3n) is 2.83. The SMILES string of the molecule is N#CC1(c2c(F)cc(C(=O)O)c(F)c2F)CC1. The summed E-state index contributed by atoms with van der Waals surface area (Å²) < 4.78 is 40.5. The topological polar surface area (TPSA) is 61.1 Å². The molecule has 17 heavy (non-hydrogen) atoms. The molecule has 1 N–H and O–H groups in total. The average molecular weight is 241 g/mol. The van der Waals surface area contributed by atoms with Gasteiger partial charge in [-0.15, -0.1) is 0 Å². The van der Waals surface area contributed by atoms with Crippen molar-refractivity contribution in [2.45, 2.75) is 18.3 Å². The van der Waals surface area contributed by atoms with Gasteiger partial charge in [-0.1, -0.05) is 0 Å². The number of halogens is 3. The van der Waals surface area contributed by atoms with Gasteiger partial charge in [-0.25, -0.2) is 18.0 Å². The molecule has 1 aromatic carbocycles. The Morgan fingerprint density at radius 3 is 2.35 bits per heavy atom. The third kappa shape index (κ3) is 1.55. The van der Waals surface area contributed by atoms with Crippen LogP contribution in [0.3, 0.4) is 0 Å². The molecule has 0 atom stereocenters. The van der Waals surface area contributed by atoms with E-state index in [0.717, 1.165) is 0 Å². The highest BCUT2D eigenvalue weighted by atomic mass is 19.2. The van der Waals surface area contributed by atoms with Crippen molar-refractivity contribution in [2.75, 3.05) is 0 Å².